The summed E-state index contributed by atoms with van der Waals surface area (Å²) in [6.07, 6.45) is 3.06. The molecule has 29 heavy (non-hydrogen) atoms. The fourth-order valence-corrected chi connectivity index (χ4v) is 5.47. The van der Waals surface area contributed by atoms with E-state index in [1.165, 1.54) is 16.8 Å². The van der Waals surface area contributed by atoms with Crippen molar-refractivity contribution in [2.75, 3.05) is 33.3 Å². The summed E-state index contributed by atoms with van der Waals surface area (Å²) in [6, 6.07) is 8.58. The third-order valence-electron chi connectivity index (χ3n) is 7.24. The summed E-state index contributed by atoms with van der Waals surface area (Å²) in [5.41, 5.74) is 5.97. The van der Waals surface area contributed by atoms with E-state index in [0.29, 0.717) is 5.92 Å². The van der Waals surface area contributed by atoms with Crippen molar-refractivity contribution in [3.8, 4) is 5.75 Å². The Morgan fingerprint density at radius 3 is 2.83 bits per heavy atom. The first kappa shape index (κ1) is 20.0. The van der Waals surface area contributed by atoms with E-state index in [1.54, 1.807) is 7.11 Å². The molecule has 0 bridgehead atoms. The van der Waals surface area contributed by atoms with Gasteiger partial charge >= 0.3 is 0 Å². The van der Waals surface area contributed by atoms with Gasteiger partial charge in [0.2, 0.25) is 0 Å². The first-order chi connectivity index (χ1) is 14.0. The largest absolute Gasteiger partial charge is 0.497 e. The highest BCUT2D eigenvalue weighted by molar-refractivity contribution is 5.94. The Morgan fingerprint density at radius 1 is 1.31 bits per heavy atom. The molecule has 5 heteroatoms. The first-order valence-corrected chi connectivity index (χ1v) is 10.9. The zero-order valence-electron chi connectivity index (χ0n) is 18.1. The third kappa shape index (κ3) is 3.25. The second kappa shape index (κ2) is 7.86. The van der Waals surface area contributed by atoms with Crippen LogP contribution in [0.25, 0.3) is 0 Å². The number of nitrogens with one attached hydrogen (secondary N) is 2. The normalized spacial score (nSPS) is 23.2. The van der Waals surface area contributed by atoms with Crippen molar-refractivity contribution in [1.29, 1.82) is 0 Å². The maximum absolute atomic E-state index is 13.1. The van der Waals surface area contributed by atoms with Crippen LogP contribution < -0.4 is 10.1 Å². The van der Waals surface area contributed by atoms with E-state index in [9.17, 15) is 4.79 Å². The number of rotatable bonds is 5. The molecule has 0 saturated carbocycles. The number of aromatic nitrogens is 1. The van der Waals surface area contributed by atoms with Crippen LogP contribution in [0.5, 0.6) is 5.75 Å². The zero-order valence-corrected chi connectivity index (χ0v) is 18.1. The number of fused-ring (bicyclic) bond motifs is 2. The Kier molecular flexibility index (Phi) is 5.43. The lowest BCUT2D eigenvalue weighted by molar-refractivity contribution is 0.0767. The van der Waals surface area contributed by atoms with Crippen LogP contribution in [-0.4, -0.2) is 49.1 Å². The van der Waals surface area contributed by atoms with Crippen molar-refractivity contribution >= 4 is 5.91 Å². The van der Waals surface area contributed by atoms with Crippen LogP contribution in [0.15, 0.2) is 24.3 Å². The summed E-state index contributed by atoms with van der Waals surface area (Å²) in [5, 5.41) is 3.61. The van der Waals surface area contributed by atoms with Crippen molar-refractivity contribution in [2.24, 2.45) is 5.92 Å². The van der Waals surface area contributed by atoms with Crippen LogP contribution in [-0.2, 0) is 18.3 Å². The van der Waals surface area contributed by atoms with E-state index in [-0.39, 0.29) is 11.3 Å². The third-order valence-corrected chi connectivity index (χ3v) is 7.24. The number of piperidine rings is 1. The lowest BCUT2D eigenvalue weighted by Crippen LogP contribution is -2.52. The number of H-pyrrole nitrogens is 1. The van der Waals surface area contributed by atoms with Gasteiger partial charge in [-0.3, -0.25) is 4.79 Å². The van der Waals surface area contributed by atoms with E-state index >= 15 is 0 Å². The van der Waals surface area contributed by atoms with Gasteiger partial charge in [0, 0.05) is 24.2 Å². The van der Waals surface area contributed by atoms with E-state index in [0.717, 1.165) is 62.4 Å². The van der Waals surface area contributed by atoms with Gasteiger partial charge in [-0.05, 0) is 87.9 Å². The van der Waals surface area contributed by atoms with Gasteiger partial charge in [-0.15, -0.1) is 0 Å². The highest BCUT2D eigenvalue weighted by Gasteiger charge is 2.47. The van der Waals surface area contributed by atoms with Gasteiger partial charge < -0.3 is 19.9 Å². The van der Waals surface area contributed by atoms with Crippen LogP contribution in [0.3, 0.4) is 0 Å². The molecule has 2 heterocycles. The number of amides is 1. The Balaban J connectivity index is 1.76. The van der Waals surface area contributed by atoms with E-state index < -0.39 is 0 Å². The molecule has 1 aromatic carbocycles. The van der Waals surface area contributed by atoms with Crippen molar-refractivity contribution in [3.63, 3.8) is 0 Å². The van der Waals surface area contributed by atoms with Gasteiger partial charge in [-0.25, -0.2) is 0 Å². The molecule has 5 nitrogen and oxygen atoms in total. The molecule has 0 spiro atoms. The molecule has 1 aliphatic heterocycles. The summed E-state index contributed by atoms with van der Waals surface area (Å²) >= 11 is 0. The van der Waals surface area contributed by atoms with Crippen molar-refractivity contribution in [2.45, 2.75) is 45.4 Å². The molecule has 2 N–H and O–H groups in total. The lowest BCUT2D eigenvalue weighted by Gasteiger charge is -2.48. The second-order valence-corrected chi connectivity index (χ2v) is 8.48. The highest BCUT2D eigenvalue weighted by Crippen LogP contribution is 2.47. The number of methoxy groups -OCH3 is 1. The predicted molar refractivity (Wildman–Crippen MR) is 116 cm³/mol. The number of carbonyl (C=O) groups excluding carboxylic acids is 1. The number of nitrogens with zero attached hydrogens (tertiary/aromatic N) is 1. The summed E-state index contributed by atoms with van der Waals surface area (Å²) in [7, 11) is 1.73. The van der Waals surface area contributed by atoms with Crippen molar-refractivity contribution in [3.05, 3.63) is 52.3 Å². The van der Waals surface area contributed by atoms with Gasteiger partial charge in [0.25, 0.3) is 5.91 Å². The number of hydrogen-bond donors (Lipinski definition) is 2. The quantitative estimate of drug-likeness (QED) is 0.815. The molecule has 2 aliphatic rings. The minimum absolute atomic E-state index is 0.0829. The molecule has 2 aromatic rings. The van der Waals surface area contributed by atoms with Gasteiger partial charge in [-0.2, -0.15) is 0 Å². The number of carbonyl (C=O) groups is 1. The van der Waals surface area contributed by atoms with Gasteiger partial charge in [0.05, 0.1) is 7.11 Å². The topological polar surface area (TPSA) is 57.4 Å². The average molecular weight is 396 g/mol. The summed E-state index contributed by atoms with van der Waals surface area (Å²) < 4.78 is 5.52. The number of ether oxygens (including phenoxy) is 1. The van der Waals surface area contributed by atoms with Crippen molar-refractivity contribution in [1.82, 2.24) is 15.2 Å². The minimum Gasteiger partial charge on any atom is -0.497 e. The molecule has 1 saturated heterocycles. The Labute approximate surface area is 173 Å². The smallest absolute Gasteiger partial charge is 0.270 e. The fourth-order valence-electron chi connectivity index (χ4n) is 5.47. The van der Waals surface area contributed by atoms with Crippen LogP contribution in [0.4, 0.5) is 0 Å². The molecular formula is C24H33N3O2. The predicted octanol–water partition coefficient (Wildman–Crippen LogP) is 3.46. The Morgan fingerprint density at radius 2 is 2.10 bits per heavy atom. The van der Waals surface area contributed by atoms with Crippen molar-refractivity contribution < 1.29 is 9.53 Å². The standard InChI is InChI=1S/C24H33N3O2/c1-5-27(6-2)23(28)22-16(3)20-13-18-15-25-11-10-24(18,14-21(20)26-22)17-8-7-9-19(12-17)29-4/h7-9,12,18,25-26H,5-6,10-11,13-15H2,1-4H3. The Bertz CT molecular complexity index is 900. The van der Waals surface area contributed by atoms with Gasteiger partial charge in [-0.1, -0.05) is 12.1 Å². The van der Waals surface area contributed by atoms with Crippen LogP contribution in [0, 0.1) is 12.8 Å². The van der Waals surface area contributed by atoms with E-state index in [4.69, 9.17) is 4.74 Å². The lowest BCUT2D eigenvalue weighted by atomic mass is 9.59. The highest BCUT2D eigenvalue weighted by atomic mass is 16.5. The van der Waals surface area contributed by atoms with Crippen LogP contribution in [0.2, 0.25) is 0 Å². The molecule has 156 valence electrons. The number of hydrogen-bond acceptors (Lipinski definition) is 3. The number of aromatic amines is 1. The maximum atomic E-state index is 13.1. The first-order valence-electron chi connectivity index (χ1n) is 10.9. The molecule has 2 atom stereocenters. The fraction of sp³-hybridized carbons (Fsp3) is 0.542. The summed E-state index contributed by atoms with van der Waals surface area (Å²) in [5.74, 6) is 1.56. The molecule has 1 amide bonds. The van der Waals surface area contributed by atoms with Gasteiger partial charge in [0.15, 0.2) is 0 Å². The maximum Gasteiger partial charge on any atom is 0.270 e. The summed E-state index contributed by atoms with van der Waals surface area (Å²) in [6.45, 7) is 9.70. The Hall–Kier alpha value is -2.27. The SMILES string of the molecule is CCN(CC)C(=O)c1[nH]c2c(c1C)CC1CNCCC1(c1cccc(OC)c1)C2. The molecular weight excluding hydrogens is 362 g/mol. The molecule has 1 aromatic heterocycles. The molecule has 1 fully saturated rings. The zero-order chi connectivity index (χ0) is 20.6. The minimum atomic E-state index is 0.0829. The van der Waals surface area contributed by atoms with E-state index in [1.807, 2.05) is 24.8 Å². The molecule has 4 rings (SSSR count). The number of benzene rings is 1. The van der Waals surface area contributed by atoms with Gasteiger partial charge in [0.1, 0.15) is 11.4 Å². The molecule has 1 aliphatic carbocycles. The monoisotopic (exact) mass is 395 g/mol. The van der Waals surface area contributed by atoms with Crippen LogP contribution in [0.1, 0.15) is 53.1 Å². The second-order valence-electron chi connectivity index (χ2n) is 8.48. The molecule has 2 unspecified atom stereocenters. The average Bonchev–Trinajstić information content (AvgIpc) is 3.08. The summed E-state index contributed by atoms with van der Waals surface area (Å²) in [4.78, 5) is 18.5. The molecule has 0 radical (unpaired) electrons. The van der Waals surface area contributed by atoms with Crippen LogP contribution >= 0.6 is 0 Å². The van der Waals surface area contributed by atoms with E-state index in [2.05, 4.69) is 35.4 Å².